The van der Waals surface area contributed by atoms with Gasteiger partial charge >= 0.3 is 0 Å². The number of pyridine rings is 1. The van der Waals surface area contributed by atoms with E-state index in [4.69, 9.17) is 11.1 Å². The van der Waals surface area contributed by atoms with Crippen LogP contribution in [0.2, 0.25) is 0 Å². The Bertz CT molecular complexity index is 685. The van der Waals surface area contributed by atoms with Gasteiger partial charge in [0, 0.05) is 18.1 Å². The van der Waals surface area contributed by atoms with Gasteiger partial charge in [-0.15, -0.1) is 0 Å². The molecule has 3 rings (SSSR count). The molecule has 0 saturated carbocycles. The van der Waals surface area contributed by atoms with Crippen LogP contribution in [-0.4, -0.2) is 35.1 Å². The molecule has 0 bridgehead atoms. The number of rotatable bonds is 3. The summed E-state index contributed by atoms with van der Waals surface area (Å²) in [6.07, 6.45) is 2.69. The van der Waals surface area contributed by atoms with Crippen molar-refractivity contribution in [1.82, 2.24) is 4.98 Å². The molecule has 0 radical (unpaired) electrons. The van der Waals surface area contributed by atoms with Gasteiger partial charge in [-0.3, -0.25) is 10.4 Å². The molecular formula is C16H20N4O. The number of para-hydroxylation sites is 1. The first-order valence-corrected chi connectivity index (χ1v) is 7.23. The highest BCUT2D eigenvalue weighted by atomic mass is 16.3. The van der Waals surface area contributed by atoms with E-state index in [1.165, 1.54) is 0 Å². The van der Waals surface area contributed by atoms with E-state index in [0.29, 0.717) is 11.5 Å². The van der Waals surface area contributed by atoms with E-state index in [0.717, 1.165) is 29.6 Å². The zero-order valence-corrected chi connectivity index (χ0v) is 12.1. The van der Waals surface area contributed by atoms with Gasteiger partial charge in [0.05, 0.1) is 29.4 Å². The van der Waals surface area contributed by atoms with E-state index in [9.17, 15) is 5.11 Å². The van der Waals surface area contributed by atoms with Crippen molar-refractivity contribution < 1.29 is 5.11 Å². The van der Waals surface area contributed by atoms with Gasteiger partial charge in [-0.2, -0.15) is 0 Å². The third kappa shape index (κ3) is 2.23. The number of nitrogens with zero attached hydrogens (tertiary/aromatic N) is 2. The summed E-state index contributed by atoms with van der Waals surface area (Å²) in [5, 5.41) is 18.5. The van der Waals surface area contributed by atoms with Gasteiger partial charge < -0.3 is 15.7 Å². The molecule has 1 aliphatic heterocycles. The molecule has 1 aromatic carbocycles. The van der Waals surface area contributed by atoms with Crippen molar-refractivity contribution in [2.75, 3.05) is 18.1 Å². The van der Waals surface area contributed by atoms with Crippen LogP contribution in [0.25, 0.3) is 10.9 Å². The molecule has 5 heteroatoms. The van der Waals surface area contributed by atoms with Crippen molar-refractivity contribution in [1.29, 1.82) is 5.41 Å². The van der Waals surface area contributed by atoms with E-state index >= 15 is 0 Å². The van der Waals surface area contributed by atoms with Crippen LogP contribution in [0.1, 0.15) is 18.9 Å². The lowest BCUT2D eigenvalue weighted by molar-refractivity contribution is 0.245. The molecule has 2 unspecified atom stereocenters. The first-order chi connectivity index (χ1) is 10.1. The van der Waals surface area contributed by atoms with Gasteiger partial charge in [0.1, 0.15) is 5.84 Å². The number of benzene rings is 1. The molecule has 1 fully saturated rings. The zero-order valence-electron chi connectivity index (χ0n) is 12.1. The Labute approximate surface area is 123 Å². The van der Waals surface area contributed by atoms with Gasteiger partial charge in [-0.25, -0.2) is 0 Å². The maximum absolute atomic E-state index is 9.73. The third-order valence-electron chi connectivity index (χ3n) is 4.39. The predicted molar refractivity (Wildman–Crippen MR) is 84.8 cm³/mol. The minimum atomic E-state index is 0.0134. The minimum Gasteiger partial charge on any atom is -0.394 e. The highest BCUT2D eigenvalue weighted by molar-refractivity contribution is 6.07. The quantitative estimate of drug-likeness (QED) is 0.592. The van der Waals surface area contributed by atoms with Crippen LogP contribution in [0.3, 0.4) is 0 Å². The number of hydrogen-bond donors (Lipinski definition) is 3. The van der Waals surface area contributed by atoms with Crippen molar-refractivity contribution in [3.63, 3.8) is 0 Å². The highest BCUT2D eigenvalue weighted by Gasteiger charge is 2.33. The second kappa shape index (κ2) is 5.33. The average Bonchev–Trinajstić information content (AvgIpc) is 2.86. The van der Waals surface area contributed by atoms with Gasteiger partial charge in [0.2, 0.25) is 0 Å². The van der Waals surface area contributed by atoms with E-state index in [1.807, 2.05) is 24.3 Å². The standard InChI is InChI=1S/C16H20N4O/c1-10-6-7-20(14(10)9-21)15-11-4-2-3-5-13(11)19-8-12(15)16(17)18/h2-5,8,10,14,21H,6-7,9H2,1H3,(H3,17,18). The van der Waals surface area contributed by atoms with Crippen LogP contribution < -0.4 is 10.6 Å². The highest BCUT2D eigenvalue weighted by Crippen LogP contribution is 2.36. The van der Waals surface area contributed by atoms with Crippen molar-refractivity contribution in [3.05, 3.63) is 36.0 Å². The van der Waals surface area contributed by atoms with Gasteiger partial charge in [0.25, 0.3) is 0 Å². The Morgan fingerprint density at radius 1 is 1.48 bits per heavy atom. The Kier molecular flexibility index (Phi) is 3.51. The lowest BCUT2D eigenvalue weighted by Gasteiger charge is -2.30. The van der Waals surface area contributed by atoms with Crippen LogP contribution in [0.4, 0.5) is 5.69 Å². The molecule has 4 N–H and O–H groups in total. The van der Waals surface area contributed by atoms with Gasteiger partial charge in [0.15, 0.2) is 0 Å². The molecule has 2 heterocycles. The molecule has 1 saturated heterocycles. The smallest absolute Gasteiger partial charge is 0.126 e. The molecule has 0 spiro atoms. The normalized spacial score (nSPS) is 21.9. The van der Waals surface area contributed by atoms with Gasteiger partial charge in [-0.05, 0) is 18.4 Å². The number of aromatic nitrogens is 1. The molecule has 1 aliphatic rings. The van der Waals surface area contributed by atoms with E-state index in [2.05, 4.69) is 16.8 Å². The summed E-state index contributed by atoms with van der Waals surface area (Å²) in [5.41, 5.74) is 8.20. The van der Waals surface area contributed by atoms with E-state index in [-0.39, 0.29) is 18.5 Å². The Morgan fingerprint density at radius 2 is 2.24 bits per heavy atom. The van der Waals surface area contributed by atoms with Crippen LogP contribution in [0.5, 0.6) is 0 Å². The summed E-state index contributed by atoms with van der Waals surface area (Å²) in [7, 11) is 0. The molecule has 2 atom stereocenters. The number of aliphatic hydroxyl groups excluding tert-OH is 1. The lowest BCUT2D eigenvalue weighted by atomic mass is 10.0. The molecule has 1 aromatic heterocycles. The topological polar surface area (TPSA) is 86.2 Å². The van der Waals surface area contributed by atoms with Crippen LogP contribution >= 0.6 is 0 Å². The largest absolute Gasteiger partial charge is 0.394 e. The molecular weight excluding hydrogens is 264 g/mol. The summed E-state index contributed by atoms with van der Waals surface area (Å²) in [4.78, 5) is 6.58. The number of hydrogen-bond acceptors (Lipinski definition) is 4. The number of nitrogens with one attached hydrogen (secondary N) is 1. The van der Waals surface area contributed by atoms with Crippen LogP contribution in [0, 0.1) is 11.3 Å². The van der Waals surface area contributed by atoms with E-state index < -0.39 is 0 Å². The fourth-order valence-electron chi connectivity index (χ4n) is 3.20. The lowest BCUT2D eigenvalue weighted by Crippen LogP contribution is -2.36. The maximum atomic E-state index is 9.73. The summed E-state index contributed by atoms with van der Waals surface area (Å²) in [5.74, 6) is 0.432. The maximum Gasteiger partial charge on any atom is 0.126 e. The molecule has 0 aliphatic carbocycles. The number of fused-ring (bicyclic) bond motifs is 1. The third-order valence-corrected chi connectivity index (χ3v) is 4.39. The molecule has 2 aromatic rings. The van der Waals surface area contributed by atoms with E-state index in [1.54, 1.807) is 6.20 Å². The fourth-order valence-corrected chi connectivity index (χ4v) is 3.20. The Morgan fingerprint density at radius 3 is 2.95 bits per heavy atom. The van der Waals surface area contributed by atoms with Crippen LogP contribution in [-0.2, 0) is 0 Å². The SMILES string of the molecule is CC1CCN(c2c(C(=N)N)cnc3ccccc23)C1CO. The first kappa shape index (κ1) is 13.8. The summed E-state index contributed by atoms with van der Waals surface area (Å²) < 4.78 is 0. The zero-order chi connectivity index (χ0) is 15.0. The van der Waals surface area contributed by atoms with Crippen molar-refractivity contribution in [2.45, 2.75) is 19.4 Å². The fraction of sp³-hybridized carbons (Fsp3) is 0.375. The summed E-state index contributed by atoms with van der Waals surface area (Å²) in [6.45, 7) is 3.12. The van der Waals surface area contributed by atoms with Gasteiger partial charge in [-0.1, -0.05) is 25.1 Å². The summed E-state index contributed by atoms with van der Waals surface area (Å²) >= 11 is 0. The first-order valence-electron chi connectivity index (χ1n) is 7.23. The summed E-state index contributed by atoms with van der Waals surface area (Å²) in [6, 6.07) is 7.93. The number of anilines is 1. The second-order valence-corrected chi connectivity index (χ2v) is 5.66. The predicted octanol–water partition coefficient (Wildman–Crippen LogP) is 1.73. The number of aliphatic hydroxyl groups is 1. The number of nitrogen functional groups attached to an aromatic ring is 1. The van der Waals surface area contributed by atoms with Crippen molar-refractivity contribution in [3.8, 4) is 0 Å². The average molecular weight is 284 g/mol. The molecule has 0 amide bonds. The number of nitrogens with two attached hydrogens (primary N) is 1. The Balaban J connectivity index is 2.23. The Hall–Kier alpha value is -2.14. The monoisotopic (exact) mass is 284 g/mol. The molecule has 110 valence electrons. The molecule has 5 nitrogen and oxygen atoms in total. The van der Waals surface area contributed by atoms with Crippen LogP contribution in [0.15, 0.2) is 30.5 Å². The molecule has 21 heavy (non-hydrogen) atoms. The second-order valence-electron chi connectivity index (χ2n) is 5.66. The van der Waals surface area contributed by atoms with Crippen molar-refractivity contribution in [2.24, 2.45) is 11.7 Å². The van der Waals surface area contributed by atoms with Crippen molar-refractivity contribution >= 4 is 22.4 Å². The minimum absolute atomic E-state index is 0.0134. The number of amidine groups is 1.